The minimum Gasteiger partial charge on any atom is -0.478 e. The summed E-state index contributed by atoms with van der Waals surface area (Å²) in [6, 6.07) is 4.68. The summed E-state index contributed by atoms with van der Waals surface area (Å²) in [5.74, 6) is -1.36. The lowest BCUT2D eigenvalue weighted by molar-refractivity contribution is -0.131. The molecule has 0 radical (unpaired) electrons. The SMILES string of the molecule is CN1CCN(Cc2cc(F)cc(C=CC(=O)O)c2)CC1. The van der Waals surface area contributed by atoms with Crippen molar-refractivity contribution in [1.29, 1.82) is 0 Å². The van der Waals surface area contributed by atoms with E-state index < -0.39 is 5.97 Å². The van der Waals surface area contributed by atoms with Crippen molar-refractivity contribution in [3.05, 3.63) is 41.2 Å². The summed E-state index contributed by atoms with van der Waals surface area (Å²) < 4.78 is 13.6. The van der Waals surface area contributed by atoms with Gasteiger partial charge in [-0.1, -0.05) is 6.07 Å². The first-order valence-electron chi connectivity index (χ1n) is 6.64. The molecule has 0 aromatic heterocycles. The Bertz CT molecular complexity index is 509. The van der Waals surface area contributed by atoms with E-state index in [2.05, 4.69) is 16.8 Å². The molecule has 0 saturated carbocycles. The number of hydrogen-bond donors (Lipinski definition) is 1. The number of benzene rings is 1. The summed E-state index contributed by atoms with van der Waals surface area (Å²) in [5, 5.41) is 8.61. The van der Waals surface area contributed by atoms with Gasteiger partial charge in [-0.05, 0) is 36.4 Å². The lowest BCUT2D eigenvalue weighted by atomic mass is 10.1. The fourth-order valence-electron chi connectivity index (χ4n) is 2.29. The molecule has 1 aromatic rings. The van der Waals surface area contributed by atoms with Gasteiger partial charge in [-0.3, -0.25) is 4.90 Å². The number of rotatable bonds is 4. The molecule has 0 amide bonds. The Morgan fingerprint density at radius 2 is 2.00 bits per heavy atom. The van der Waals surface area contributed by atoms with Gasteiger partial charge in [0.25, 0.3) is 0 Å². The van der Waals surface area contributed by atoms with Gasteiger partial charge in [0.05, 0.1) is 0 Å². The molecule has 1 heterocycles. The molecule has 1 N–H and O–H groups in total. The van der Waals surface area contributed by atoms with Gasteiger partial charge in [0.15, 0.2) is 0 Å². The minimum atomic E-state index is -1.03. The van der Waals surface area contributed by atoms with E-state index in [1.54, 1.807) is 0 Å². The Kier molecular flexibility index (Phi) is 4.87. The Morgan fingerprint density at radius 1 is 1.30 bits per heavy atom. The van der Waals surface area contributed by atoms with Crippen LogP contribution in [0.5, 0.6) is 0 Å². The van der Waals surface area contributed by atoms with E-state index >= 15 is 0 Å². The van der Waals surface area contributed by atoms with Crippen molar-refractivity contribution < 1.29 is 14.3 Å². The number of aliphatic carboxylic acids is 1. The standard InChI is InChI=1S/C15H19FN2O2/c1-17-4-6-18(7-5-17)11-13-8-12(2-3-15(19)20)9-14(16)10-13/h2-3,8-10H,4-7,11H2,1H3,(H,19,20). The third kappa shape index (κ3) is 4.43. The van der Waals surface area contributed by atoms with Crippen LogP contribution in [0.1, 0.15) is 11.1 Å². The highest BCUT2D eigenvalue weighted by Gasteiger charge is 2.14. The molecule has 0 spiro atoms. The van der Waals surface area contributed by atoms with Crippen LogP contribution >= 0.6 is 0 Å². The van der Waals surface area contributed by atoms with Gasteiger partial charge in [-0.15, -0.1) is 0 Å². The van der Waals surface area contributed by atoms with Crippen LogP contribution in [0.3, 0.4) is 0 Å². The molecule has 0 bridgehead atoms. The van der Waals surface area contributed by atoms with Crippen LogP contribution in [0.15, 0.2) is 24.3 Å². The Hall–Kier alpha value is -1.72. The van der Waals surface area contributed by atoms with Crippen molar-refractivity contribution in [2.24, 2.45) is 0 Å². The predicted molar refractivity (Wildman–Crippen MR) is 75.8 cm³/mol. The number of likely N-dealkylation sites (N-methyl/N-ethyl adjacent to an activating group) is 1. The third-order valence-corrected chi connectivity index (χ3v) is 3.40. The molecule has 1 fully saturated rings. The minimum absolute atomic E-state index is 0.332. The smallest absolute Gasteiger partial charge is 0.328 e. The molecule has 0 aliphatic carbocycles. The van der Waals surface area contributed by atoms with Gasteiger partial charge in [-0.2, -0.15) is 0 Å². The Morgan fingerprint density at radius 3 is 2.65 bits per heavy atom. The molecule has 0 atom stereocenters. The van der Waals surface area contributed by atoms with Gasteiger partial charge in [-0.25, -0.2) is 9.18 Å². The van der Waals surface area contributed by atoms with E-state index in [-0.39, 0.29) is 5.82 Å². The number of hydrogen-bond acceptors (Lipinski definition) is 3. The molecule has 1 aliphatic heterocycles. The maximum atomic E-state index is 13.6. The van der Waals surface area contributed by atoms with Crippen molar-refractivity contribution in [2.75, 3.05) is 33.2 Å². The highest BCUT2D eigenvalue weighted by atomic mass is 19.1. The topological polar surface area (TPSA) is 43.8 Å². The zero-order valence-electron chi connectivity index (χ0n) is 11.6. The summed E-state index contributed by atoms with van der Waals surface area (Å²) in [6.07, 6.45) is 2.44. The molecular formula is C15H19FN2O2. The highest BCUT2D eigenvalue weighted by Crippen LogP contribution is 2.14. The molecule has 0 unspecified atom stereocenters. The summed E-state index contributed by atoms with van der Waals surface area (Å²) in [7, 11) is 2.09. The quantitative estimate of drug-likeness (QED) is 0.851. The Balaban J connectivity index is 2.06. The normalized spacial score (nSPS) is 17.7. The largest absolute Gasteiger partial charge is 0.478 e. The van der Waals surface area contributed by atoms with E-state index in [4.69, 9.17) is 5.11 Å². The molecule has 5 heteroatoms. The van der Waals surface area contributed by atoms with E-state index in [1.165, 1.54) is 18.2 Å². The van der Waals surface area contributed by atoms with E-state index in [0.29, 0.717) is 12.1 Å². The van der Waals surface area contributed by atoms with Crippen LogP contribution in [0.2, 0.25) is 0 Å². The first-order chi connectivity index (χ1) is 9.52. The number of halogens is 1. The van der Waals surface area contributed by atoms with Gasteiger partial charge < -0.3 is 10.0 Å². The van der Waals surface area contributed by atoms with E-state index in [9.17, 15) is 9.18 Å². The van der Waals surface area contributed by atoms with Crippen LogP contribution in [-0.4, -0.2) is 54.1 Å². The number of piperazine rings is 1. The van der Waals surface area contributed by atoms with E-state index in [1.807, 2.05) is 6.07 Å². The molecule has 1 saturated heterocycles. The van der Waals surface area contributed by atoms with Gasteiger partial charge in [0.1, 0.15) is 5.82 Å². The molecule has 20 heavy (non-hydrogen) atoms. The lowest BCUT2D eigenvalue weighted by Gasteiger charge is -2.32. The van der Waals surface area contributed by atoms with Crippen LogP contribution < -0.4 is 0 Å². The summed E-state index contributed by atoms with van der Waals surface area (Å²) in [6.45, 7) is 4.66. The van der Waals surface area contributed by atoms with Crippen LogP contribution in [0, 0.1) is 5.82 Å². The van der Waals surface area contributed by atoms with E-state index in [0.717, 1.165) is 37.8 Å². The van der Waals surface area contributed by atoms with Crippen molar-refractivity contribution in [1.82, 2.24) is 9.80 Å². The molecule has 108 valence electrons. The molecule has 4 nitrogen and oxygen atoms in total. The second-order valence-corrected chi connectivity index (χ2v) is 5.14. The molecule has 1 aromatic carbocycles. The van der Waals surface area contributed by atoms with Crippen LogP contribution in [0.4, 0.5) is 4.39 Å². The third-order valence-electron chi connectivity index (χ3n) is 3.40. The van der Waals surface area contributed by atoms with Crippen LogP contribution in [-0.2, 0) is 11.3 Å². The highest BCUT2D eigenvalue weighted by molar-refractivity contribution is 5.85. The predicted octanol–water partition coefficient (Wildman–Crippen LogP) is 1.67. The number of carboxylic acids is 1. The molecule has 1 aliphatic rings. The zero-order valence-corrected chi connectivity index (χ0v) is 11.6. The van der Waals surface area contributed by atoms with Gasteiger partial charge in [0.2, 0.25) is 0 Å². The van der Waals surface area contributed by atoms with Crippen molar-refractivity contribution in [3.8, 4) is 0 Å². The van der Waals surface area contributed by atoms with Gasteiger partial charge in [0, 0.05) is 38.8 Å². The number of nitrogens with zero attached hydrogens (tertiary/aromatic N) is 2. The second kappa shape index (κ2) is 6.63. The fourth-order valence-corrected chi connectivity index (χ4v) is 2.29. The maximum absolute atomic E-state index is 13.6. The number of carbonyl (C=O) groups is 1. The summed E-state index contributed by atoms with van der Waals surface area (Å²) in [5.41, 5.74) is 1.45. The van der Waals surface area contributed by atoms with Crippen molar-refractivity contribution in [2.45, 2.75) is 6.54 Å². The average Bonchev–Trinajstić information content (AvgIpc) is 2.38. The molecule has 2 rings (SSSR count). The van der Waals surface area contributed by atoms with Gasteiger partial charge >= 0.3 is 5.97 Å². The van der Waals surface area contributed by atoms with Crippen molar-refractivity contribution in [3.63, 3.8) is 0 Å². The Labute approximate surface area is 118 Å². The summed E-state index contributed by atoms with van der Waals surface area (Å²) in [4.78, 5) is 15.0. The number of carboxylic acid groups (broad SMARTS) is 1. The lowest BCUT2D eigenvalue weighted by Crippen LogP contribution is -2.43. The molecular weight excluding hydrogens is 259 g/mol. The zero-order chi connectivity index (χ0) is 14.5. The fraction of sp³-hybridized carbons (Fsp3) is 0.400. The second-order valence-electron chi connectivity index (χ2n) is 5.14. The van der Waals surface area contributed by atoms with Crippen molar-refractivity contribution >= 4 is 12.0 Å². The maximum Gasteiger partial charge on any atom is 0.328 e. The average molecular weight is 278 g/mol. The first kappa shape index (κ1) is 14.7. The monoisotopic (exact) mass is 278 g/mol. The van der Waals surface area contributed by atoms with Crippen LogP contribution in [0.25, 0.3) is 6.08 Å². The summed E-state index contributed by atoms with van der Waals surface area (Å²) >= 11 is 0. The first-order valence-corrected chi connectivity index (χ1v) is 6.64.